The number of carbonyl (C=O) groups excluding carboxylic acids is 3. The number of carbonyl (C=O) groups is 3. The van der Waals surface area contributed by atoms with Crippen LogP contribution in [0.3, 0.4) is 0 Å². The second-order valence-corrected chi connectivity index (χ2v) is 11.1. The summed E-state index contributed by atoms with van der Waals surface area (Å²) in [5.41, 5.74) is 1.22. The van der Waals surface area contributed by atoms with Crippen molar-refractivity contribution in [3.63, 3.8) is 0 Å². The Bertz CT molecular complexity index is 1040. The average molecular weight is 541 g/mol. The van der Waals surface area contributed by atoms with E-state index in [1.54, 1.807) is 27.7 Å². The number of alkyl carbamates (subject to hydrolysis) is 1. The molecule has 0 fully saturated rings. The smallest absolute Gasteiger partial charge is 0.407 e. The molecule has 0 aliphatic heterocycles. The summed E-state index contributed by atoms with van der Waals surface area (Å²) in [5, 5.41) is 22.4. The fourth-order valence-electron chi connectivity index (χ4n) is 3.85. The summed E-state index contributed by atoms with van der Waals surface area (Å²) < 4.78 is 5.37. The van der Waals surface area contributed by atoms with Crippen LogP contribution in [0.1, 0.15) is 52.7 Å². The molecule has 0 bridgehead atoms. The highest BCUT2D eigenvalue weighted by atomic mass is 16.6. The van der Waals surface area contributed by atoms with E-state index in [0.29, 0.717) is 13.0 Å². The third kappa shape index (κ3) is 11.9. The van der Waals surface area contributed by atoms with E-state index in [0.717, 1.165) is 11.1 Å². The van der Waals surface area contributed by atoms with Gasteiger partial charge in [0.2, 0.25) is 11.8 Å². The van der Waals surface area contributed by atoms with E-state index in [1.807, 2.05) is 74.5 Å². The van der Waals surface area contributed by atoms with E-state index in [1.165, 1.54) is 0 Å². The Labute approximate surface area is 232 Å². The van der Waals surface area contributed by atoms with Crippen molar-refractivity contribution in [2.45, 2.75) is 84.3 Å². The molecule has 9 nitrogen and oxygen atoms in total. The second kappa shape index (κ2) is 15.2. The van der Waals surface area contributed by atoms with Crippen LogP contribution in [0.15, 0.2) is 60.7 Å². The lowest BCUT2D eigenvalue weighted by Gasteiger charge is -2.28. The van der Waals surface area contributed by atoms with Gasteiger partial charge in [0.05, 0.1) is 18.2 Å². The highest BCUT2D eigenvalue weighted by Gasteiger charge is 2.28. The molecule has 0 saturated heterocycles. The maximum atomic E-state index is 12.9. The largest absolute Gasteiger partial charge is 0.444 e. The zero-order valence-electron chi connectivity index (χ0n) is 23.9. The van der Waals surface area contributed by atoms with Crippen molar-refractivity contribution in [3.05, 3.63) is 71.8 Å². The molecule has 2 aromatic rings. The van der Waals surface area contributed by atoms with Gasteiger partial charge in [-0.2, -0.15) is 0 Å². The Morgan fingerprint density at radius 2 is 1.41 bits per heavy atom. The van der Waals surface area contributed by atoms with E-state index in [4.69, 9.17) is 4.74 Å². The third-order valence-electron chi connectivity index (χ3n) is 6.05. The van der Waals surface area contributed by atoms with Crippen LogP contribution < -0.4 is 21.3 Å². The summed E-state index contributed by atoms with van der Waals surface area (Å²) in [7, 11) is 0. The zero-order chi connectivity index (χ0) is 29.0. The molecular formula is C30H44N4O5. The van der Waals surface area contributed by atoms with Gasteiger partial charge in [-0.3, -0.25) is 9.59 Å². The maximum Gasteiger partial charge on any atom is 0.407 e. The van der Waals surface area contributed by atoms with Gasteiger partial charge in [-0.1, -0.05) is 74.5 Å². The quantitative estimate of drug-likeness (QED) is 0.266. The molecule has 39 heavy (non-hydrogen) atoms. The minimum absolute atomic E-state index is 0.0361. The van der Waals surface area contributed by atoms with Gasteiger partial charge in [-0.25, -0.2) is 4.79 Å². The molecule has 4 atom stereocenters. The molecular weight excluding hydrogens is 496 g/mol. The fourth-order valence-corrected chi connectivity index (χ4v) is 3.85. The SMILES string of the molecule is CC(C)[C@H](NC(=O)[C@H](C)NC[C@@H](O)[C@H](Cc1ccccc1)NC(=O)OC(C)(C)C)C(=O)NCc1ccccc1. The monoisotopic (exact) mass is 540 g/mol. The number of ether oxygens (including phenoxy) is 1. The summed E-state index contributed by atoms with van der Waals surface area (Å²) in [6, 6.07) is 17.0. The number of aliphatic hydroxyl groups is 1. The van der Waals surface area contributed by atoms with E-state index >= 15 is 0 Å². The number of rotatable bonds is 13. The van der Waals surface area contributed by atoms with Crippen molar-refractivity contribution in [2.24, 2.45) is 5.92 Å². The van der Waals surface area contributed by atoms with Gasteiger partial charge in [-0.15, -0.1) is 0 Å². The molecule has 0 radical (unpaired) electrons. The molecule has 0 unspecified atom stereocenters. The molecule has 214 valence electrons. The number of hydrogen-bond donors (Lipinski definition) is 5. The van der Waals surface area contributed by atoms with Crippen LogP contribution >= 0.6 is 0 Å². The van der Waals surface area contributed by atoms with Gasteiger partial charge in [0.1, 0.15) is 11.6 Å². The van der Waals surface area contributed by atoms with E-state index in [2.05, 4.69) is 21.3 Å². The van der Waals surface area contributed by atoms with Crippen molar-refractivity contribution < 1.29 is 24.2 Å². The molecule has 2 aromatic carbocycles. The van der Waals surface area contributed by atoms with E-state index < -0.39 is 35.9 Å². The Kier molecular flexibility index (Phi) is 12.4. The van der Waals surface area contributed by atoms with Gasteiger partial charge in [-0.05, 0) is 51.2 Å². The van der Waals surface area contributed by atoms with Crippen LogP contribution in [0.2, 0.25) is 0 Å². The van der Waals surface area contributed by atoms with Crippen molar-refractivity contribution in [1.29, 1.82) is 0 Å². The molecule has 0 spiro atoms. The lowest BCUT2D eigenvalue weighted by molar-refractivity contribution is -0.131. The van der Waals surface area contributed by atoms with Crippen molar-refractivity contribution in [1.82, 2.24) is 21.3 Å². The predicted molar refractivity (Wildman–Crippen MR) is 152 cm³/mol. The Hall–Kier alpha value is -3.43. The van der Waals surface area contributed by atoms with Crippen molar-refractivity contribution in [2.75, 3.05) is 6.54 Å². The first-order valence-electron chi connectivity index (χ1n) is 13.4. The summed E-state index contributed by atoms with van der Waals surface area (Å²) in [5.74, 6) is -0.759. The van der Waals surface area contributed by atoms with Crippen LogP contribution in [0.5, 0.6) is 0 Å². The number of amides is 3. The Morgan fingerprint density at radius 3 is 1.95 bits per heavy atom. The highest BCUT2D eigenvalue weighted by Crippen LogP contribution is 2.11. The summed E-state index contributed by atoms with van der Waals surface area (Å²) in [6.45, 7) is 11.1. The first-order chi connectivity index (χ1) is 18.4. The van der Waals surface area contributed by atoms with Crippen molar-refractivity contribution >= 4 is 17.9 Å². The molecule has 0 aromatic heterocycles. The van der Waals surface area contributed by atoms with E-state index in [9.17, 15) is 19.5 Å². The average Bonchev–Trinajstić information content (AvgIpc) is 2.88. The molecule has 2 rings (SSSR count). The van der Waals surface area contributed by atoms with E-state index in [-0.39, 0.29) is 24.3 Å². The fraction of sp³-hybridized carbons (Fsp3) is 0.500. The zero-order valence-corrected chi connectivity index (χ0v) is 23.9. The standard InChI is InChI=1S/C30H44N4O5/c1-20(2)26(28(37)32-18-23-15-11-8-12-16-23)34-27(36)21(3)31-19-25(35)24(17-22-13-9-7-10-14-22)33-29(38)39-30(4,5)6/h7-16,20-21,24-26,31,35H,17-19H2,1-6H3,(H,32,37)(H,33,38)(H,34,36)/t21-,24-,25+,26-/m0/s1. The first-order valence-corrected chi connectivity index (χ1v) is 13.4. The second-order valence-electron chi connectivity index (χ2n) is 11.1. The predicted octanol–water partition coefficient (Wildman–Crippen LogP) is 2.92. The highest BCUT2D eigenvalue weighted by molar-refractivity contribution is 5.89. The van der Waals surface area contributed by atoms with Crippen LogP contribution in [0.4, 0.5) is 4.79 Å². The van der Waals surface area contributed by atoms with Crippen molar-refractivity contribution in [3.8, 4) is 0 Å². The van der Waals surface area contributed by atoms with Gasteiger partial charge < -0.3 is 31.1 Å². The lowest BCUT2D eigenvalue weighted by atomic mass is 10.0. The number of aliphatic hydroxyl groups excluding tert-OH is 1. The lowest BCUT2D eigenvalue weighted by Crippen LogP contribution is -2.56. The van der Waals surface area contributed by atoms with Gasteiger partial charge in [0.25, 0.3) is 0 Å². The van der Waals surface area contributed by atoms with Crippen LogP contribution in [-0.2, 0) is 27.3 Å². The van der Waals surface area contributed by atoms with Crippen LogP contribution in [0, 0.1) is 5.92 Å². The van der Waals surface area contributed by atoms with Gasteiger partial charge in [0.15, 0.2) is 0 Å². The molecule has 0 aliphatic rings. The molecule has 9 heteroatoms. The number of hydrogen-bond acceptors (Lipinski definition) is 6. The van der Waals surface area contributed by atoms with Crippen LogP contribution in [-0.4, -0.2) is 59.4 Å². The van der Waals surface area contributed by atoms with Crippen LogP contribution in [0.25, 0.3) is 0 Å². The molecule has 0 saturated carbocycles. The number of nitrogens with one attached hydrogen (secondary N) is 4. The summed E-state index contributed by atoms with van der Waals surface area (Å²) >= 11 is 0. The molecule has 5 N–H and O–H groups in total. The van der Waals surface area contributed by atoms with Gasteiger partial charge in [0, 0.05) is 13.1 Å². The minimum Gasteiger partial charge on any atom is -0.444 e. The molecule has 3 amide bonds. The first kappa shape index (κ1) is 31.8. The number of benzene rings is 2. The maximum absolute atomic E-state index is 12.9. The third-order valence-corrected chi connectivity index (χ3v) is 6.05. The molecule has 0 heterocycles. The summed E-state index contributed by atoms with van der Waals surface area (Å²) in [6.07, 6.45) is -1.27. The Morgan fingerprint density at radius 1 is 0.846 bits per heavy atom. The Balaban J connectivity index is 1.95. The van der Waals surface area contributed by atoms with Gasteiger partial charge >= 0.3 is 6.09 Å². The normalized spacial score (nSPS) is 14.6. The summed E-state index contributed by atoms with van der Waals surface area (Å²) in [4.78, 5) is 38.2. The molecule has 0 aliphatic carbocycles. The minimum atomic E-state index is -1.01. The topological polar surface area (TPSA) is 129 Å².